The van der Waals surface area contributed by atoms with Gasteiger partial charge in [-0.1, -0.05) is 30.3 Å². The Hall–Kier alpha value is -2.15. The van der Waals surface area contributed by atoms with Crippen molar-refractivity contribution in [1.82, 2.24) is 0 Å². The van der Waals surface area contributed by atoms with E-state index in [4.69, 9.17) is 14.2 Å². The molecule has 2 aliphatic heterocycles. The standard InChI is InChI=1S/C18H18O6/c19-13(7-6-11-4-2-1-3-5-11)23-10-18-14-12(8-9-22-17(14)21)15(20)16(18)24-18/h1-9,12,14-17,20-21H,10H2/t12-,14-,15+,16+,17-,18-/m1/s1. The molecule has 126 valence electrons. The van der Waals surface area contributed by atoms with Crippen LogP contribution >= 0.6 is 0 Å². The molecule has 0 radical (unpaired) electrons. The van der Waals surface area contributed by atoms with Crippen LogP contribution in [0.15, 0.2) is 48.7 Å². The number of aliphatic hydroxyl groups is 2. The van der Waals surface area contributed by atoms with Gasteiger partial charge in [-0.3, -0.25) is 0 Å². The molecule has 0 unspecified atom stereocenters. The molecular formula is C18H18O6. The van der Waals surface area contributed by atoms with Crippen LogP contribution in [0.2, 0.25) is 0 Å². The first-order valence-electron chi connectivity index (χ1n) is 7.88. The van der Waals surface area contributed by atoms with Crippen molar-refractivity contribution in [1.29, 1.82) is 0 Å². The summed E-state index contributed by atoms with van der Waals surface area (Å²) in [5.74, 6) is -1.21. The Morgan fingerprint density at radius 3 is 2.88 bits per heavy atom. The third-order valence-corrected chi connectivity index (χ3v) is 4.93. The highest BCUT2D eigenvalue weighted by atomic mass is 16.7. The van der Waals surface area contributed by atoms with E-state index >= 15 is 0 Å². The number of carbonyl (C=O) groups is 1. The van der Waals surface area contributed by atoms with E-state index in [9.17, 15) is 15.0 Å². The summed E-state index contributed by atoms with van der Waals surface area (Å²) in [7, 11) is 0. The maximum Gasteiger partial charge on any atom is 0.330 e. The van der Waals surface area contributed by atoms with Crippen LogP contribution in [0.4, 0.5) is 0 Å². The smallest absolute Gasteiger partial charge is 0.330 e. The van der Waals surface area contributed by atoms with Crippen LogP contribution in [0.1, 0.15) is 5.56 Å². The normalized spacial score (nSPS) is 39.2. The highest BCUT2D eigenvalue weighted by Gasteiger charge is 2.76. The maximum atomic E-state index is 11.9. The number of epoxide rings is 1. The number of fused-ring (bicyclic) bond motifs is 3. The first-order valence-corrected chi connectivity index (χ1v) is 7.88. The van der Waals surface area contributed by atoms with Gasteiger partial charge in [0, 0.05) is 12.0 Å². The molecule has 2 heterocycles. The first-order chi connectivity index (χ1) is 11.6. The lowest BCUT2D eigenvalue weighted by Crippen LogP contribution is -2.43. The lowest BCUT2D eigenvalue weighted by Gasteiger charge is -2.32. The van der Waals surface area contributed by atoms with Gasteiger partial charge in [-0.2, -0.15) is 0 Å². The number of ether oxygens (including phenoxy) is 3. The average Bonchev–Trinajstić information content (AvgIpc) is 3.28. The van der Waals surface area contributed by atoms with Crippen LogP contribution in [0.5, 0.6) is 0 Å². The Kier molecular flexibility index (Phi) is 3.68. The fraction of sp³-hybridized carbons (Fsp3) is 0.389. The van der Waals surface area contributed by atoms with Crippen LogP contribution < -0.4 is 0 Å². The van der Waals surface area contributed by atoms with Crippen molar-refractivity contribution in [2.24, 2.45) is 11.8 Å². The van der Waals surface area contributed by atoms with Gasteiger partial charge in [0.15, 0.2) is 0 Å². The molecule has 0 aromatic heterocycles. The number of hydrogen-bond donors (Lipinski definition) is 2. The number of aliphatic hydroxyl groups excluding tert-OH is 2. The second-order valence-corrected chi connectivity index (χ2v) is 6.29. The second kappa shape index (κ2) is 5.73. The quantitative estimate of drug-likeness (QED) is 0.483. The summed E-state index contributed by atoms with van der Waals surface area (Å²) >= 11 is 0. The van der Waals surface area contributed by atoms with Crippen LogP contribution in [-0.4, -0.2) is 46.9 Å². The van der Waals surface area contributed by atoms with Crippen molar-refractivity contribution in [3.63, 3.8) is 0 Å². The third-order valence-electron chi connectivity index (χ3n) is 4.93. The summed E-state index contributed by atoms with van der Waals surface area (Å²) in [6.07, 6.45) is 3.86. The van der Waals surface area contributed by atoms with Gasteiger partial charge in [-0.25, -0.2) is 4.79 Å². The fourth-order valence-electron chi connectivity index (χ4n) is 3.71. The van der Waals surface area contributed by atoms with Crippen molar-refractivity contribution in [2.75, 3.05) is 6.61 Å². The first kappa shape index (κ1) is 15.4. The van der Waals surface area contributed by atoms with Gasteiger partial charge < -0.3 is 24.4 Å². The lowest BCUT2D eigenvalue weighted by molar-refractivity contribution is -0.159. The van der Waals surface area contributed by atoms with E-state index in [0.717, 1.165) is 5.56 Å². The van der Waals surface area contributed by atoms with Crippen LogP contribution in [0.3, 0.4) is 0 Å². The zero-order valence-electron chi connectivity index (χ0n) is 12.8. The molecule has 0 amide bonds. The molecule has 2 fully saturated rings. The number of hydrogen-bond acceptors (Lipinski definition) is 6. The van der Waals surface area contributed by atoms with Gasteiger partial charge in [-0.15, -0.1) is 0 Å². The van der Waals surface area contributed by atoms with Gasteiger partial charge in [0.25, 0.3) is 0 Å². The Labute approximate surface area is 139 Å². The largest absolute Gasteiger partial charge is 0.473 e. The van der Waals surface area contributed by atoms with Gasteiger partial charge in [0.05, 0.1) is 18.3 Å². The van der Waals surface area contributed by atoms with Gasteiger partial charge in [-0.05, 0) is 17.7 Å². The number of rotatable bonds is 4. The Bertz CT molecular complexity index is 684. The molecule has 1 saturated carbocycles. The molecule has 1 aromatic rings. The summed E-state index contributed by atoms with van der Waals surface area (Å²) in [5.41, 5.74) is 0.0237. The summed E-state index contributed by atoms with van der Waals surface area (Å²) in [6, 6.07) is 9.41. The van der Waals surface area contributed by atoms with E-state index in [1.54, 1.807) is 12.2 Å². The minimum absolute atomic E-state index is 0.0257. The van der Waals surface area contributed by atoms with Crippen molar-refractivity contribution in [3.8, 4) is 0 Å². The molecule has 6 heteroatoms. The Morgan fingerprint density at radius 1 is 1.29 bits per heavy atom. The topological polar surface area (TPSA) is 88.5 Å². The van der Waals surface area contributed by atoms with E-state index < -0.39 is 36.0 Å². The predicted molar refractivity (Wildman–Crippen MR) is 83.3 cm³/mol. The third kappa shape index (κ3) is 2.43. The molecule has 2 N–H and O–H groups in total. The minimum atomic E-state index is -1.08. The summed E-state index contributed by atoms with van der Waals surface area (Å²) in [6.45, 7) is -0.0257. The maximum absolute atomic E-state index is 11.9. The van der Waals surface area contributed by atoms with Crippen LogP contribution in [0, 0.1) is 11.8 Å². The monoisotopic (exact) mass is 330 g/mol. The summed E-state index contributed by atoms with van der Waals surface area (Å²) in [5, 5.41) is 20.3. The van der Waals surface area contributed by atoms with Crippen molar-refractivity contribution in [2.45, 2.75) is 24.1 Å². The van der Waals surface area contributed by atoms with E-state index in [1.165, 1.54) is 12.3 Å². The molecule has 0 bridgehead atoms. The predicted octanol–water partition coefficient (Wildman–Crippen LogP) is 0.850. The van der Waals surface area contributed by atoms with Crippen molar-refractivity contribution in [3.05, 3.63) is 54.3 Å². The molecule has 4 rings (SSSR count). The van der Waals surface area contributed by atoms with Gasteiger partial charge >= 0.3 is 5.97 Å². The number of esters is 1. The summed E-state index contributed by atoms with van der Waals surface area (Å²) < 4.78 is 16.0. The average molecular weight is 330 g/mol. The molecule has 3 aliphatic rings. The molecule has 1 saturated heterocycles. The van der Waals surface area contributed by atoms with Crippen LogP contribution in [-0.2, 0) is 19.0 Å². The van der Waals surface area contributed by atoms with Gasteiger partial charge in [0.2, 0.25) is 6.29 Å². The molecular weight excluding hydrogens is 312 g/mol. The van der Waals surface area contributed by atoms with E-state index in [-0.39, 0.29) is 12.5 Å². The molecule has 0 spiro atoms. The zero-order chi connectivity index (χ0) is 16.7. The molecule has 1 aromatic carbocycles. The van der Waals surface area contributed by atoms with E-state index in [0.29, 0.717) is 0 Å². The fourth-order valence-corrected chi connectivity index (χ4v) is 3.71. The van der Waals surface area contributed by atoms with Crippen molar-refractivity contribution < 1.29 is 29.2 Å². The number of benzene rings is 1. The Balaban J connectivity index is 1.40. The molecule has 1 aliphatic carbocycles. The van der Waals surface area contributed by atoms with E-state index in [1.807, 2.05) is 30.3 Å². The minimum Gasteiger partial charge on any atom is -0.473 e. The highest BCUT2D eigenvalue weighted by molar-refractivity contribution is 5.87. The molecule has 6 nitrogen and oxygen atoms in total. The highest BCUT2D eigenvalue weighted by Crippen LogP contribution is 2.59. The van der Waals surface area contributed by atoms with Crippen molar-refractivity contribution >= 4 is 12.0 Å². The zero-order valence-corrected chi connectivity index (χ0v) is 12.8. The Morgan fingerprint density at radius 2 is 2.08 bits per heavy atom. The number of carbonyl (C=O) groups excluding carboxylic acids is 1. The van der Waals surface area contributed by atoms with Gasteiger partial charge in [0.1, 0.15) is 18.3 Å². The summed E-state index contributed by atoms with van der Waals surface area (Å²) in [4.78, 5) is 11.9. The van der Waals surface area contributed by atoms with Crippen LogP contribution in [0.25, 0.3) is 6.08 Å². The van der Waals surface area contributed by atoms with E-state index in [2.05, 4.69) is 0 Å². The second-order valence-electron chi connectivity index (χ2n) is 6.29. The molecule has 24 heavy (non-hydrogen) atoms. The molecule has 6 atom stereocenters. The lowest BCUT2D eigenvalue weighted by atomic mass is 9.86. The SMILES string of the molecule is O=C(C=Cc1ccccc1)OC[C@]12O[C@H]1[C@@H](O)[C@@H]1C=CO[C@@H](O)[C@@H]12.